The van der Waals surface area contributed by atoms with Gasteiger partial charge in [-0.15, -0.1) is 0 Å². The first-order valence-corrected chi connectivity index (χ1v) is 5.05. The number of rotatable bonds is 3. The smallest absolute Gasteiger partial charge is 0.324 e. The van der Waals surface area contributed by atoms with E-state index >= 15 is 0 Å². The number of hydrogen-bond acceptors (Lipinski definition) is 3. The molecule has 4 heteroatoms. The average Bonchev–Trinajstić information content (AvgIpc) is 2.17. The lowest BCUT2D eigenvalue weighted by atomic mass is 9.86. The minimum Gasteiger partial charge on any atom is -0.480 e. The van der Waals surface area contributed by atoms with E-state index in [1.807, 2.05) is 18.7 Å². The largest absolute Gasteiger partial charge is 0.480 e. The van der Waals surface area contributed by atoms with E-state index in [1.165, 1.54) is 0 Å². The van der Waals surface area contributed by atoms with E-state index < -0.39 is 11.5 Å². The summed E-state index contributed by atoms with van der Waals surface area (Å²) in [6, 6.07) is 0. The van der Waals surface area contributed by atoms with Crippen molar-refractivity contribution in [2.75, 3.05) is 26.3 Å². The highest BCUT2D eigenvalue weighted by Crippen LogP contribution is 2.25. The van der Waals surface area contributed by atoms with Crippen molar-refractivity contribution < 1.29 is 14.6 Å². The molecule has 1 heterocycles. The number of morpholine rings is 1. The van der Waals surface area contributed by atoms with Crippen LogP contribution in [0.4, 0.5) is 0 Å². The molecule has 0 aromatic heterocycles. The molecule has 0 amide bonds. The van der Waals surface area contributed by atoms with E-state index in [2.05, 4.69) is 0 Å². The molecule has 1 fully saturated rings. The third-order valence-corrected chi connectivity index (χ3v) is 3.23. The zero-order chi connectivity index (χ0) is 10.8. The summed E-state index contributed by atoms with van der Waals surface area (Å²) in [5.41, 5.74) is -0.760. The van der Waals surface area contributed by atoms with Crippen LogP contribution >= 0.6 is 0 Å². The normalized spacial score (nSPS) is 23.4. The van der Waals surface area contributed by atoms with E-state index in [4.69, 9.17) is 4.74 Å². The van der Waals surface area contributed by atoms with Crippen LogP contribution in [0.2, 0.25) is 0 Å². The second-order valence-electron chi connectivity index (χ2n) is 4.21. The van der Waals surface area contributed by atoms with Crippen LogP contribution in [0.3, 0.4) is 0 Å². The van der Waals surface area contributed by atoms with Crippen LogP contribution in [0.15, 0.2) is 0 Å². The third-order valence-electron chi connectivity index (χ3n) is 3.23. The molecular weight excluding hydrogens is 182 g/mol. The Morgan fingerprint density at radius 1 is 1.43 bits per heavy atom. The van der Waals surface area contributed by atoms with Crippen LogP contribution in [0.1, 0.15) is 20.8 Å². The predicted octanol–water partition coefficient (Wildman–Crippen LogP) is 0.818. The number of ether oxygens (including phenoxy) is 1. The van der Waals surface area contributed by atoms with Gasteiger partial charge in [0, 0.05) is 13.1 Å². The van der Waals surface area contributed by atoms with Gasteiger partial charge >= 0.3 is 5.97 Å². The molecule has 1 aliphatic heterocycles. The van der Waals surface area contributed by atoms with Crippen LogP contribution in [-0.4, -0.2) is 47.8 Å². The fourth-order valence-corrected chi connectivity index (χ4v) is 1.78. The Labute approximate surface area is 84.8 Å². The quantitative estimate of drug-likeness (QED) is 0.734. The first-order chi connectivity index (χ1) is 6.49. The van der Waals surface area contributed by atoms with Gasteiger partial charge in [-0.1, -0.05) is 13.8 Å². The van der Waals surface area contributed by atoms with Crippen LogP contribution < -0.4 is 0 Å². The molecule has 82 valence electrons. The maximum absolute atomic E-state index is 11.3. The standard InChI is InChI=1S/C10H19NO3/c1-8(2)10(3,9(12)13)11-4-6-14-7-5-11/h8H,4-7H2,1-3H3,(H,12,13). The summed E-state index contributed by atoms with van der Waals surface area (Å²) in [6.45, 7) is 8.38. The summed E-state index contributed by atoms with van der Waals surface area (Å²) in [6.07, 6.45) is 0. The molecule has 0 bridgehead atoms. The van der Waals surface area contributed by atoms with Gasteiger partial charge in [0.15, 0.2) is 0 Å². The third kappa shape index (κ3) is 1.91. The maximum Gasteiger partial charge on any atom is 0.324 e. The molecule has 1 saturated heterocycles. The molecule has 1 aliphatic rings. The minimum atomic E-state index is -0.760. The Balaban J connectivity index is 2.80. The lowest BCUT2D eigenvalue weighted by Crippen LogP contribution is -2.59. The van der Waals surface area contributed by atoms with Gasteiger partial charge in [0.05, 0.1) is 13.2 Å². The van der Waals surface area contributed by atoms with E-state index in [9.17, 15) is 9.90 Å². The second-order valence-corrected chi connectivity index (χ2v) is 4.21. The number of carboxylic acid groups (broad SMARTS) is 1. The molecule has 0 radical (unpaired) electrons. The lowest BCUT2D eigenvalue weighted by Gasteiger charge is -2.42. The van der Waals surface area contributed by atoms with Gasteiger partial charge in [-0.3, -0.25) is 9.69 Å². The van der Waals surface area contributed by atoms with Gasteiger partial charge in [-0.25, -0.2) is 0 Å². The Hall–Kier alpha value is -0.610. The lowest BCUT2D eigenvalue weighted by molar-refractivity contribution is -0.157. The molecule has 0 aliphatic carbocycles. The fourth-order valence-electron chi connectivity index (χ4n) is 1.78. The SMILES string of the molecule is CC(C)C(C)(C(=O)O)N1CCOCC1. The number of hydrogen-bond donors (Lipinski definition) is 1. The van der Waals surface area contributed by atoms with Crippen molar-refractivity contribution in [3.05, 3.63) is 0 Å². The second kappa shape index (κ2) is 4.28. The fraction of sp³-hybridized carbons (Fsp3) is 0.900. The zero-order valence-corrected chi connectivity index (χ0v) is 9.12. The monoisotopic (exact) mass is 201 g/mol. The molecule has 4 nitrogen and oxygen atoms in total. The van der Waals surface area contributed by atoms with Gasteiger partial charge in [0.1, 0.15) is 5.54 Å². The van der Waals surface area contributed by atoms with Gasteiger partial charge < -0.3 is 9.84 Å². The van der Waals surface area contributed by atoms with Crippen molar-refractivity contribution in [3.8, 4) is 0 Å². The Bertz CT molecular complexity index is 211. The summed E-state index contributed by atoms with van der Waals surface area (Å²) in [4.78, 5) is 13.3. The summed E-state index contributed by atoms with van der Waals surface area (Å²) < 4.78 is 5.22. The first kappa shape index (κ1) is 11.5. The molecule has 1 unspecified atom stereocenters. The first-order valence-electron chi connectivity index (χ1n) is 5.05. The number of carbonyl (C=O) groups is 1. The van der Waals surface area contributed by atoms with E-state index in [1.54, 1.807) is 6.92 Å². The van der Waals surface area contributed by atoms with Crippen LogP contribution in [-0.2, 0) is 9.53 Å². The van der Waals surface area contributed by atoms with Crippen molar-refractivity contribution in [2.45, 2.75) is 26.3 Å². The van der Waals surface area contributed by atoms with Crippen molar-refractivity contribution in [2.24, 2.45) is 5.92 Å². The van der Waals surface area contributed by atoms with Crippen LogP contribution in [0.25, 0.3) is 0 Å². The molecule has 1 rings (SSSR count). The van der Waals surface area contributed by atoms with E-state index in [-0.39, 0.29) is 5.92 Å². The van der Waals surface area contributed by atoms with Crippen molar-refractivity contribution in [1.29, 1.82) is 0 Å². The van der Waals surface area contributed by atoms with E-state index in [0.29, 0.717) is 26.3 Å². The van der Waals surface area contributed by atoms with Gasteiger partial charge in [-0.05, 0) is 12.8 Å². The summed E-state index contributed by atoms with van der Waals surface area (Å²) in [5.74, 6) is -0.646. The minimum absolute atomic E-state index is 0.0955. The van der Waals surface area contributed by atoms with E-state index in [0.717, 1.165) is 0 Å². The predicted molar refractivity (Wildman–Crippen MR) is 53.3 cm³/mol. The molecule has 0 spiro atoms. The van der Waals surface area contributed by atoms with Crippen LogP contribution in [0.5, 0.6) is 0 Å². The maximum atomic E-state index is 11.3. The molecule has 14 heavy (non-hydrogen) atoms. The molecule has 0 aromatic carbocycles. The number of aliphatic carboxylic acids is 1. The molecule has 0 aromatic rings. The molecule has 1 N–H and O–H groups in total. The number of carboxylic acids is 1. The van der Waals surface area contributed by atoms with Crippen molar-refractivity contribution >= 4 is 5.97 Å². The molecular formula is C10H19NO3. The Kier molecular flexibility index (Phi) is 3.50. The summed E-state index contributed by atoms with van der Waals surface area (Å²) in [7, 11) is 0. The topological polar surface area (TPSA) is 49.8 Å². The van der Waals surface area contributed by atoms with Gasteiger partial charge in [0.2, 0.25) is 0 Å². The highest BCUT2D eigenvalue weighted by atomic mass is 16.5. The molecule has 1 atom stereocenters. The van der Waals surface area contributed by atoms with Gasteiger partial charge in [-0.2, -0.15) is 0 Å². The number of nitrogens with zero attached hydrogens (tertiary/aromatic N) is 1. The summed E-state index contributed by atoms with van der Waals surface area (Å²) in [5, 5.41) is 9.27. The van der Waals surface area contributed by atoms with Crippen molar-refractivity contribution in [1.82, 2.24) is 4.90 Å². The molecule has 0 saturated carbocycles. The highest BCUT2D eigenvalue weighted by Gasteiger charge is 2.42. The highest BCUT2D eigenvalue weighted by molar-refractivity contribution is 5.78. The van der Waals surface area contributed by atoms with Crippen LogP contribution in [0, 0.1) is 5.92 Å². The average molecular weight is 201 g/mol. The zero-order valence-electron chi connectivity index (χ0n) is 9.12. The Morgan fingerprint density at radius 2 is 1.93 bits per heavy atom. The Morgan fingerprint density at radius 3 is 2.29 bits per heavy atom. The summed E-state index contributed by atoms with van der Waals surface area (Å²) >= 11 is 0. The van der Waals surface area contributed by atoms with Gasteiger partial charge in [0.25, 0.3) is 0 Å². The van der Waals surface area contributed by atoms with Crippen molar-refractivity contribution in [3.63, 3.8) is 0 Å².